The molecule has 1 aromatic carbocycles. The van der Waals surface area contributed by atoms with E-state index in [1.807, 2.05) is 25.1 Å². The Morgan fingerprint density at radius 3 is 2.53 bits per heavy atom. The van der Waals surface area contributed by atoms with Crippen LogP contribution in [0, 0.1) is 6.92 Å². The van der Waals surface area contributed by atoms with Gasteiger partial charge in [0.05, 0.1) is 4.47 Å². The van der Waals surface area contributed by atoms with Crippen LogP contribution in [0.4, 0.5) is 0 Å². The molecule has 3 heteroatoms. The molecule has 0 saturated carbocycles. The van der Waals surface area contributed by atoms with Crippen molar-refractivity contribution in [1.29, 1.82) is 0 Å². The average molecular weight is 320 g/mol. The highest BCUT2D eigenvalue weighted by Gasteiger charge is 2.06. The number of nitrogens with zero attached hydrogens (tertiary/aromatic N) is 1. The Kier molecular flexibility index (Phi) is 4.59. The van der Waals surface area contributed by atoms with Gasteiger partial charge in [-0.15, -0.1) is 0 Å². The van der Waals surface area contributed by atoms with E-state index >= 15 is 0 Å². The average Bonchev–Trinajstić information content (AvgIpc) is 2.42. The summed E-state index contributed by atoms with van der Waals surface area (Å²) in [6.07, 6.45) is 2.94. The Hall–Kier alpha value is -1.35. The summed E-state index contributed by atoms with van der Waals surface area (Å²) < 4.78 is 6.65. The zero-order chi connectivity index (χ0) is 13.8. The van der Waals surface area contributed by atoms with E-state index in [1.54, 1.807) is 6.20 Å². The molecular formula is C16H18BrNO. The molecule has 0 bridgehead atoms. The molecule has 19 heavy (non-hydrogen) atoms. The van der Waals surface area contributed by atoms with E-state index in [0.717, 1.165) is 22.2 Å². The van der Waals surface area contributed by atoms with Gasteiger partial charge in [-0.1, -0.05) is 26.0 Å². The SMILES string of the molecule is CCC(C)c1ccc(Oc2ncc(C)cc2Br)cc1. The third-order valence-corrected chi connectivity index (χ3v) is 3.79. The number of benzene rings is 1. The molecule has 100 valence electrons. The van der Waals surface area contributed by atoms with Gasteiger partial charge >= 0.3 is 0 Å². The first-order valence-electron chi connectivity index (χ1n) is 6.50. The van der Waals surface area contributed by atoms with Crippen LogP contribution in [0.3, 0.4) is 0 Å². The van der Waals surface area contributed by atoms with Crippen LogP contribution in [0.5, 0.6) is 11.6 Å². The predicted molar refractivity (Wildman–Crippen MR) is 81.9 cm³/mol. The van der Waals surface area contributed by atoms with Crippen molar-refractivity contribution in [2.75, 3.05) is 0 Å². The fourth-order valence-electron chi connectivity index (χ4n) is 1.81. The minimum absolute atomic E-state index is 0.582. The van der Waals surface area contributed by atoms with Crippen LogP contribution in [0.1, 0.15) is 37.3 Å². The molecule has 0 fully saturated rings. The zero-order valence-corrected chi connectivity index (χ0v) is 13.1. The third-order valence-electron chi connectivity index (χ3n) is 3.22. The lowest BCUT2D eigenvalue weighted by Crippen LogP contribution is -1.93. The largest absolute Gasteiger partial charge is 0.438 e. The van der Waals surface area contributed by atoms with Crippen LogP contribution in [-0.4, -0.2) is 4.98 Å². The molecule has 1 aromatic heterocycles. The van der Waals surface area contributed by atoms with Crippen molar-refractivity contribution in [1.82, 2.24) is 4.98 Å². The molecule has 0 aliphatic carbocycles. The summed E-state index contributed by atoms with van der Waals surface area (Å²) in [4.78, 5) is 4.28. The second-order valence-electron chi connectivity index (χ2n) is 4.78. The van der Waals surface area contributed by atoms with Gasteiger partial charge in [-0.3, -0.25) is 0 Å². The second kappa shape index (κ2) is 6.20. The number of pyridine rings is 1. The Morgan fingerprint density at radius 1 is 1.26 bits per heavy atom. The summed E-state index contributed by atoms with van der Waals surface area (Å²) in [6.45, 7) is 6.43. The number of ether oxygens (including phenoxy) is 1. The molecule has 1 heterocycles. The zero-order valence-electron chi connectivity index (χ0n) is 11.5. The van der Waals surface area contributed by atoms with Crippen LogP contribution in [-0.2, 0) is 0 Å². The molecule has 0 aliphatic rings. The lowest BCUT2D eigenvalue weighted by molar-refractivity contribution is 0.459. The topological polar surface area (TPSA) is 22.1 Å². The fraction of sp³-hybridized carbons (Fsp3) is 0.312. The molecule has 0 spiro atoms. The normalized spacial score (nSPS) is 12.2. The van der Waals surface area contributed by atoms with Gasteiger partial charge in [0.15, 0.2) is 0 Å². The maximum atomic E-state index is 5.77. The second-order valence-corrected chi connectivity index (χ2v) is 5.63. The van der Waals surface area contributed by atoms with E-state index in [1.165, 1.54) is 5.56 Å². The number of hydrogen-bond donors (Lipinski definition) is 0. The number of hydrogen-bond acceptors (Lipinski definition) is 2. The van der Waals surface area contributed by atoms with Crippen LogP contribution < -0.4 is 4.74 Å². The van der Waals surface area contributed by atoms with Gasteiger partial charge < -0.3 is 4.74 Å². The molecule has 2 nitrogen and oxygen atoms in total. The van der Waals surface area contributed by atoms with Gasteiger partial charge in [0.25, 0.3) is 0 Å². The van der Waals surface area contributed by atoms with Gasteiger partial charge in [0, 0.05) is 6.20 Å². The molecule has 0 radical (unpaired) electrons. The van der Waals surface area contributed by atoms with Crippen molar-refractivity contribution in [2.24, 2.45) is 0 Å². The van der Waals surface area contributed by atoms with E-state index in [-0.39, 0.29) is 0 Å². The molecule has 2 rings (SSSR count). The molecule has 0 N–H and O–H groups in total. The van der Waals surface area contributed by atoms with E-state index in [0.29, 0.717) is 11.8 Å². The summed E-state index contributed by atoms with van der Waals surface area (Å²) in [5, 5.41) is 0. The molecular weight excluding hydrogens is 302 g/mol. The van der Waals surface area contributed by atoms with Gasteiger partial charge in [0.1, 0.15) is 5.75 Å². The van der Waals surface area contributed by atoms with Gasteiger partial charge in [-0.05, 0) is 64.5 Å². The Morgan fingerprint density at radius 2 is 1.95 bits per heavy atom. The summed E-state index contributed by atoms with van der Waals surface area (Å²) in [5.74, 6) is 1.99. The van der Waals surface area contributed by atoms with Gasteiger partial charge in [-0.2, -0.15) is 0 Å². The highest BCUT2D eigenvalue weighted by molar-refractivity contribution is 9.10. The van der Waals surface area contributed by atoms with E-state index < -0.39 is 0 Å². The van der Waals surface area contributed by atoms with Crippen molar-refractivity contribution < 1.29 is 4.74 Å². The van der Waals surface area contributed by atoms with Crippen molar-refractivity contribution in [3.63, 3.8) is 0 Å². The van der Waals surface area contributed by atoms with Crippen molar-refractivity contribution in [3.8, 4) is 11.6 Å². The van der Waals surface area contributed by atoms with E-state index in [4.69, 9.17) is 4.74 Å². The maximum Gasteiger partial charge on any atom is 0.233 e. The number of rotatable bonds is 4. The summed E-state index contributed by atoms with van der Waals surface area (Å²) >= 11 is 3.47. The summed E-state index contributed by atoms with van der Waals surface area (Å²) in [5.41, 5.74) is 2.44. The van der Waals surface area contributed by atoms with Crippen LogP contribution in [0.25, 0.3) is 0 Å². The Labute approximate surface area is 123 Å². The first-order chi connectivity index (χ1) is 9.10. The van der Waals surface area contributed by atoms with E-state index in [2.05, 4.69) is 46.9 Å². The van der Waals surface area contributed by atoms with Gasteiger partial charge in [-0.25, -0.2) is 4.98 Å². The molecule has 1 unspecified atom stereocenters. The predicted octanol–water partition coefficient (Wildman–Crippen LogP) is 5.46. The highest BCUT2D eigenvalue weighted by atomic mass is 79.9. The molecule has 0 saturated heterocycles. The first kappa shape index (κ1) is 14.1. The van der Waals surface area contributed by atoms with Crippen molar-refractivity contribution in [3.05, 3.63) is 52.1 Å². The monoisotopic (exact) mass is 319 g/mol. The minimum atomic E-state index is 0.582. The molecule has 1 atom stereocenters. The smallest absolute Gasteiger partial charge is 0.233 e. The molecule has 0 aliphatic heterocycles. The van der Waals surface area contributed by atoms with Crippen molar-refractivity contribution >= 4 is 15.9 Å². The van der Waals surface area contributed by atoms with Crippen LogP contribution >= 0.6 is 15.9 Å². The quantitative estimate of drug-likeness (QED) is 0.746. The standard InChI is InChI=1S/C16H18BrNO/c1-4-12(3)13-5-7-14(8-6-13)19-16-15(17)9-11(2)10-18-16/h5-10,12H,4H2,1-3H3. The first-order valence-corrected chi connectivity index (χ1v) is 7.29. The van der Waals surface area contributed by atoms with Crippen molar-refractivity contribution in [2.45, 2.75) is 33.1 Å². The van der Waals surface area contributed by atoms with Crippen LogP contribution in [0.15, 0.2) is 41.0 Å². The van der Waals surface area contributed by atoms with E-state index in [9.17, 15) is 0 Å². The van der Waals surface area contributed by atoms with Crippen LogP contribution in [0.2, 0.25) is 0 Å². The molecule has 0 amide bonds. The lowest BCUT2D eigenvalue weighted by atomic mass is 9.99. The van der Waals surface area contributed by atoms with Gasteiger partial charge in [0.2, 0.25) is 5.88 Å². The Bertz CT molecular complexity index is 551. The number of aryl methyl sites for hydroxylation is 1. The molecule has 2 aromatic rings. The lowest BCUT2D eigenvalue weighted by Gasteiger charge is -2.11. The fourth-order valence-corrected chi connectivity index (χ4v) is 2.35. The number of halogens is 1. The Balaban J connectivity index is 2.15. The number of aromatic nitrogens is 1. The summed E-state index contributed by atoms with van der Waals surface area (Å²) in [7, 11) is 0. The summed E-state index contributed by atoms with van der Waals surface area (Å²) in [6, 6.07) is 10.2. The minimum Gasteiger partial charge on any atom is -0.438 e. The highest BCUT2D eigenvalue weighted by Crippen LogP contribution is 2.29. The maximum absolute atomic E-state index is 5.77. The third kappa shape index (κ3) is 3.57.